The van der Waals surface area contributed by atoms with Gasteiger partial charge in [-0.1, -0.05) is 11.6 Å². The van der Waals surface area contributed by atoms with Crippen LogP contribution in [0.25, 0.3) is 10.9 Å². The molecule has 0 unspecified atom stereocenters. The summed E-state index contributed by atoms with van der Waals surface area (Å²) in [6, 6.07) is 13.4. The van der Waals surface area contributed by atoms with E-state index in [1.54, 1.807) is 13.3 Å². The zero-order valence-electron chi connectivity index (χ0n) is 17.7. The van der Waals surface area contributed by atoms with E-state index >= 15 is 0 Å². The largest absolute Gasteiger partial charge is 0.496 e. The molecule has 0 bridgehead atoms. The van der Waals surface area contributed by atoms with Gasteiger partial charge in [0.25, 0.3) is 0 Å². The number of carbonyl (C=O) groups is 1. The Morgan fingerprint density at radius 2 is 1.94 bits per heavy atom. The van der Waals surface area contributed by atoms with Gasteiger partial charge in [0.15, 0.2) is 0 Å². The van der Waals surface area contributed by atoms with Gasteiger partial charge in [-0.05, 0) is 49.5 Å². The van der Waals surface area contributed by atoms with Crippen molar-refractivity contribution in [3.05, 3.63) is 59.2 Å². The van der Waals surface area contributed by atoms with Crippen molar-refractivity contribution in [3.8, 4) is 5.75 Å². The van der Waals surface area contributed by atoms with Crippen molar-refractivity contribution in [2.75, 3.05) is 45.7 Å². The number of ether oxygens (including phenoxy) is 1. The van der Waals surface area contributed by atoms with E-state index < -0.39 is 0 Å². The summed E-state index contributed by atoms with van der Waals surface area (Å²) in [5.74, 6) is 0.732. The average molecular weight is 440 g/mol. The molecule has 1 aliphatic heterocycles. The number of nitrogens with one attached hydrogen (secondary N) is 2. The van der Waals surface area contributed by atoms with E-state index in [1.165, 1.54) is 0 Å². The van der Waals surface area contributed by atoms with Gasteiger partial charge in [-0.3, -0.25) is 4.98 Å². The van der Waals surface area contributed by atoms with Crippen LogP contribution >= 0.6 is 11.6 Å². The molecule has 1 aliphatic rings. The molecular weight excluding hydrogens is 414 g/mol. The summed E-state index contributed by atoms with van der Waals surface area (Å²) in [6.07, 6.45) is 1.75. The molecular formula is C23H26ClN5O2. The highest BCUT2D eigenvalue weighted by atomic mass is 35.5. The van der Waals surface area contributed by atoms with Crippen LogP contribution < -0.4 is 15.4 Å². The number of likely N-dealkylation sites (N-methyl/N-ethyl adjacent to an activating group) is 1. The molecule has 1 fully saturated rings. The fourth-order valence-electron chi connectivity index (χ4n) is 3.67. The molecule has 0 aliphatic carbocycles. The van der Waals surface area contributed by atoms with Crippen LogP contribution in [0.3, 0.4) is 0 Å². The van der Waals surface area contributed by atoms with Gasteiger partial charge in [-0.15, -0.1) is 0 Å². The van der Waals surface area contributed by atoms with E-state index in [9.17, 15) is 4.79 Å². The first kappa shape index (κ1) is 21.2. The predicted molar refractivity (Wildman–Crippen MR) is 124 cm³/mol. The molecule has 7 nitrogen and oxygen atoms in total. The molecule has 8 heteroatoms. The monoisotopic (exact) mass is 439 g/mol. The Hall–Kier alpha value is -3.03. The summed E-state index contributed by atoms with van der Waals surface area (Å²) in [5.41, 5.74) is 3.55. The van der Waals surface area contributed by atoms with Crippen molar-refractivity contribution in [1.82, 2.24) is 20.1 Å². The minimum atomic E-state index is -0.0504. The molecule has 3 aromatic rings. The maximum atomic E-state index is 12.5. The number of aromatic nitrogens is 1. The number of anilines is 2. The molecule has 1 aromatic heterocycles. The Labute approximate surface area is 187 Å². The highest BCUT2D eigenvalue weighted by Crippen LogP contribution is 2.29. The number of methoxy groups -OCH3 is 1. The van der Waals surface area contributed by atoms with Gasteiger partial charge >= 0.3 is 6.03 Å². The van der Waals surface area contributed by atoms with Crippen molar-refractivity contribution in [2.45, 2.75) is 6.54 Å². The summed E-state index contributed by atoms with van der Waals surface area (Å²) in [5, 5.41) is 8.10. The lowest BCUT2D eigenvalue weighted by atomic mass is 10.1. The molecule has 0 radical (unpaired) electrons. The zero-order chi connectivity index (χ0) is 21.8. The summed E-state index contributed by atoms with van der Waals surface area (Å²) >= 11 is 6.09. The normalized spacial score (nSPS) is 14.5. The van der Waals surface area contributed by atoms with Gasteiger partial charge in [-0.2, -0.15) is 0 Å². The van der Waals surface area contributed by atoms with Crippen molar-refractivity contribution in [1.29, 1.82) is 0 Å². The third-order valence-corrected chi connectivity index (χ3v) is 5.72. The van der Waals surface area contributed by atoms with E-state index in [4.69, 9.17) is 16.3 Å². The molecule has 31 heavy (non-hydrogen) atoms. The number of urea groups is 1. The third kappa shape index (κ3) is 5.00. The molecule has 4 rings (SSSR count). The summed E-state index contributed by atoms with van der Waals surface area (Å²) in [7, 11) is 3.70. The van der Waals surface area contributed by atoms with Gasteiger partial charge in [0.2, 0.25) is 0 Å². The van der Waals surface area contributed by atoms with Crippen LogP contribution in [0.1, 0.15) is 5.56 Å². The van der Waals surface area contributed by atoms with Crippen molar-refractivity contribution < 1.29 is 9.53 Å². The third-order valence-electron chi connectivity index (χ3n) is 5.48. The van der Waals surface area contributed by atoms with Crippen molar-refractivity contribution in [3.63, 3.8) is 0 Å². The first-order valence-electron chi connectivity index (χ1n) is 10.2. The second-order valence-corrected chi connectivity index (χ2v) is 8.06. The predicted octanol–water partition coefficient (Wildman–Crippen LogP) is 4.10. The Morgan fingerprint density at radius 1 is 1.13 bits per heavy atom. The number of pyridine rings is 1. The van der Waals surface area contributed by atoms with Crippen LogP contribution in [0.15, 0.2) is 48.7 Å². The number of nitrogens with zero attached hydrogens (tertiary/aromatic N) is 3. The quantitative estimate of drug-likeness (QED) is 0.626. The van der Waals surface area contributed by atoms with Crippen LogP contribution in [0.5, 0.6) is 5.75 Å². The fraction of sp³-hybridized carbons (Fsp3) is 0.304. The standard InChI is InChI=1S/C23H26ClN5O2/c1-28-9-11-29(12-10-28)23(30)26-15-16-13-18(4-6-22(16)31-2)27-20-7-8-25-21-14-17(24)3-5-19(20)21/h3-8,13-14H,9-12,15H2,1-2H3,(H,25,27)(H,26,30). The molecule has 2 amide bonds. The number of benzene rings is 2. The molecule has 2 N–H and O–H groups in total. The Balaban J connectivity index is 1.49. The number of fused-ring (bicyclic) bond motifs is 1. The number of hydrogen-bond acceptors (Lipinski definition) is 5. The summed E-state index contributed by atoms with van der Waals surface area (Å²) in [4.78, 5) is 21.0. The van der Waals surface area contributed by atoms with E-state index in [1.807, 2.05) is 47.4 Å². The zero-order valence-corrected chi connectivity index (χ0v) is 18.4. The molecule has 2 aromatic carbocycles. The maximum absolute atomic E-state index is 12.5. The molecule has 0 atom stereocenters. The molecule has 162 valence electrons. The van der Waals surface area contributed by atoms with Gasteiger partial charge < -0.3 is 25.2 Å². The van der Waals surface area contributed by atoms with Crippen LogP contribution in [0.4, 0.5) is 16.2 Å². The average Bonchev–Trinajstić information content (AvgIpc) is 2.78. The van der Waals surface area contributed by atoms with Crippen LogP contribution in [0, 0.1) is 0 Å². The lowest BCUT2D eigenvalue weighted by molar-refractivity contribution is 0.154. The van der Waals surface area contributed by atoms with Crippen molar-refractivity contribution in [2.24, 2.45) is 0 Å². The minimum absolute atomic E-state index is 0.0504. The van der Waals surface area contributed by atoms with Crippen LogP contribution in [-0.4, -0.2) is 61.2 Å². The Morgan fingerprint density at radius 3 is 2.71 bits per heavy atom. The highest BCUT2D eigenvalue weighted by Gasteiger charge is 2.19. The Bertz CT molecular complexity index is 1080. The van der Waals surface area contributed by atoms with E-state index in [0.717, 1.165) is 59.8 Å². The van der Waals surface area contributed by atoms with Gasteiger partial charge in [0, 0.05) is 66.3 Å². The van der Waals surface area contributed by atoms with Crippen LogP contribution in [-0.2, 0) is 6.54 Å². The smallest absolute Gasteiger partial charge is 0.317 e. The number of amides is 2. The van der Waals surface area contributed by atoms with Gasteiger partial charge in [-0.25, -0.2) is 4.79 Å². The summed E-state index contributed by atoms with van der Waals surface area (Å²) < 4.78 is 5.50. The number of carbonyl (C=O) groups excluding carboxylic acids is 1. The fourth-order valence-corrected chi connectivity index (χ4v) is 3.84. The van der Waals surface area contributed by atoms with Crippen molar-refractivity contribution >= 4 is 39.9 Å². The van der Waals surface area contributed by atoms with Gasteiger partial charge in [0.05, 0.1) is 12.6 Å². The lowest BCUT2D eigenvalue weighted by Crippen LogP contribution is -2.50. The lowest BCUT2D eigenvalue weighted by Gasteiger charge is -2.32. The molecule has 2 heterocycles. The topological polar surface area (TPSA) is 69.7 Å². The highest BCUT2D eigenvalue weighted by molar-refractivity contribution is 6.31. The molecule has 0 spiro atoms. The number of hydrogen-bond donors (Lipinski definition) is 2. The van der Waals surface area contributed by atoms with Gasteiger partial charge in [0.1, 0.15) is 5.75 Å². The second-order valence-electron chi connectivity index (χ2n) is 7.62. The minimum Gasteiger partial charge on any atom is -0.496 e. The molecule has 1 saturated heterocycles. The first-order chi connectivity index (χ1) is 15.0. The van der Waals surface area contributed by atoms with Crippen LogP contribution in [0.2, 0.25) is 5.02 Å². The number of rotatable bonds is 5. The second kappa shape index (κ2) is 9.41. The summed E-state index contributed by atoms with van der Waals surface area (Å²) in [6.45, 7) is 3.64. The first-order valence-corrected chi connectivity index (χ1v) is 10.6. The maximum Gasteiger partial charge on any atom is 0.317 e. The van der Waals surface area contributed by atoms with E-state index in [-0.39, 0.29) is 6.03 Å². The Kier molecular flexibility index (Phi) is 6.44. The number of piperazine rings is 1. The van der Waals surface area contributed by atoms with E-state index in [0.29, 0.717) is 11.6 Å². The van der Waals surface area contributed by atoms with E-state index in [2.05, 4.69) is 27.6 Å². The number of halogens is 1. The SMILES string of the molecule is COc1ccc(Nc2ccnc3cc(Cl)ccc23)cc1CNC(=O)N1CCN(C)CC1. The molecule has 0 saturated carbocycles.